The van der Waals surface area contributed by atoms with E-state index in [4.69, 9.17) is 9.47 Å². The molecule has 2 rings (SSSR count). The van der Waals surface area contributed by atoms with Gasteiger partial charge in [0.25, 0.3) is 0 Å². The van der Waals surface area contributed by atoms with Crippen molar-refractivity contribution in [2.24, 2.45) is 0 Å². The maximum Gasteiger partial charge on any atom is 0.408 e. The monoisotopic (exact) mass is 643 g/mol. The quantitative estimate of drug-likeness (QED) is 0.183. The zero-order valence-electron chi connectivity index (χ0n) is 27.8. The zero-order valence-corrected chi connectivity index (χ0v) is 28.7. The minimum atomic E-state index is -1.24. The van der Waals surface area contributed by atoms with Crippen LogP contribution in [0.1, 0.15) is 84.5 Å². The van der Waals surface area contributed by atoms with E-state index in [9.17, 15) is 24.3 Å². The summed E-state index contributed by atoms with van der Waals surface area (Å²) < 4.78 is 11.0. The lowest BCUT2D eigenvalue weighted by molar-refractivity contribution is -0.159. The zero-order chi connectivity index (χ0) is 34.1. The molecule has 0 bridgehead atoms. The smallest absolute Gasteiger partial charge is 0.408 e. The SMILES string of the molecule is CCC(C)N(C(=O)C(CS)NC(=O)OC(C)(C)C)C(C(=O)NC(Cc1ccccc1)C(=O)OC(C)(C)C)c1ccc(O)c(C)c1. The van der Waals surface area contributed by atoms with Crippen LogP contribution in [0.15, 0.2) is 48.5 Å². The minimum absolute atomic E-state index is 0.0230. The fraction of sp³-hybridized carbons (Fsp3) is 0.529. The summed E-state index contributed by atoms with van der Waals surface area (Å²) in [5.41, 5.74) is 0.0984. The Labute approximate surface area is 272 Å². The maximum absolute atomic E-state index is 14.4. The Morgan fingerprint density at radius 3 is 2.02 bits per heavy atom. The molecule has 0 radical (unpaired) electrons. The van der Waals surface area contributed by atoms with Crippen molar-refractivity contribution in [1.29, 1.82) is 0 Å². The van der Waals surface area contributed by atoms with Crippen LogP contribution in [0.3, 0.4) is 0 Å². The molecule has 10 nitrogen and oxygen atoms in total. The van der Waals surface area contributed by atoms with Crippen LogP contribution in [0.4, 0.5) is 4.79 Å². The first-order valence-corrected chi connectivity index (χ1v) is 15.8. The van der Waals surface area contributed by atoms with Crippen LogP contribution < -0.4 is 10.6 Å². The topological polar surface area (TPSA) is 134 Å². The number of carbonyl (C=O) groups excluding carboxylic acids is 4. The van der Waals surface area contributed by atoms with Crippen LogP contribution in [0.25, 0.3) is 0 Å². The van der Waals surface area contributed by atoms with Crippen molar-refractivity contribution in [2.75, 3.05) is 5.75 Å². The second kappa shape index (κ2) is 16.0. The van der Waals surface area contributed by atoms with Crippen molar-refractivity contribution in [2.45, 2.75) is 111 Å². The van der Waals surface area contributed by atoms with Crippen molar-refractivity contribution < 1.29 is 33.8 Å². The van der Waals surface area contributed by atoms with E-state index in [1.54, 1.807) is 67.5 Å². The Morgan fingerprint density at radius 1 is 0.911 bits per heavy atom. The third kappa shape index (κ3) is 11.6. The largest absolute Gasteiger partial charge is 0.508 e. The van der Waals surface area contributed by atoms with E-state index in [0.29, 0.717) is 17.5 Å². The molecule has 2 aromatic rings. The molecule has 0 aliphatic carbocycles. The Hall–Kier alpha value is -3.73. The number of aryl methyl sites for hydroxylation is 1. The van der Waals surface area contributed by atoms with Gasteiger partial charge in [-0.2, -0.15) is 12.6 Å². The summed E-state index contributed by atoms with van der Waals surface area (Å²) in [4.78, 5) is 56.1. The molecule has 0 spiro atoms. The van der Waals surface area contributed by atoms with Gasteiger partial charge in [0, 0.05) is 18.2 Å². The van der Waals surface area contributed by atoms with Crippen molar-refractivity contribution >= 4 is 36.5 Å². The molecule has 2 aromatic carbocycles. The number of nitrogens with zero attached hydrogens (tertiary/aromatic N) is 1. The van der Waals surface area contributed by atoms with Gasteiger partial charge in [-0.1, -0.05) is 43.3 Å². The van der Waals surface area contributed by atoms with Crippen LogP contribution in [0.5, 0.6) is 5.75 Å². The van der Waals surface area contributed by atoms with E-state index >= 15 is 0 Å². The van der Waals surface area contributed by atoms with Crippen LogP contribution >= 0.6 is 12.6 Å². The van der Waals surface area contributed by atoms with Crippen molar-refractivity contribution in [3.8, 4) is 5.75 Å². The van der Waals surface area contributed by atoms with Crippen LogP contribution in [-0.4, -0.2) is 69.0 Å². The van der Waals surface area contributed by atoms with E-state index in [1.807, 2.05) is 37.3 Å². The summed E-state index contributed by atoms with van der Waals surface area (Å²) in [7, 11) is 0. The maximum atomic E-state index is 14.4. The molecule has 0 heterocycles. The number of rotatable bonds is 12. The second-order valence-corrected chi connectivity index (χ2v) is 13.5. The number of ether oxygens (including phenoxy) is 2. The molecule has 4 atom stereocenters. The normalized spacial score (nSPS) is 14.4. The molecule has 3 amide bonds. The number of alkyl carbamates (subject to hydrolysis) is 1. The number of carbonyl (C=O) groups is 4. The van der Waals surface area contributed by atoms with E-state index in [1.165, 1.54) is 11.0 Å². The van der Waals surface area contributed by atoms with Gasteiger partial charge in [-0.05, 0) is 90.6 Å². The van der Waals surface area contributed by atoms with Gasteiger partial charge in [0.05, 0.1) is 0 Å². The summed E-state index contributed by atoms with van der Waals surface area (Å²) in [6.45, 7) is 15.7. The van der Waals surface area contributed by atoms with Gasteiger partial charge in [0.1, 0.15) is 35.1 Å². The molecule has 0 fully saturated rings. The number of nitrogens with one attached hydrogen (secondary N) is 2. The van der Waals surface area contributed by atoms with Gasteiger partial charge in [-0.25, -0.2) is 9.59 Å². The van der Waals surface area contributed by atoms with E-state index in [2.05, 4.69) is 23.3 Å². The number of hydrogen-bond donors (Lipinski definition) is 4. The lowest BCUT2D eigenvalue weighted by Crippen LogP contribution is -2.57. The average molecular weight is 644 g/mol. The molecule has 248 valence electrons. The van der Waals surface area contributed by atoms with Crippen molar-refractivity contribution in [3.63, 3.8) is 0 Å². The van der Waals surface area contributed by atoms with E-state index in [-0.39, 0.29) is 17.9 Å². The molecular formula is C34H49N3O7S. The highest BCUT2D eigenvalue weighted by atomic mass is 32.1. The van der Waals surface area contributed by atoms with Gasteiger partial charge in [0.2, 0.25) is 11.8 Å². The standard InChI is InChI=1S/C34H49N3O7S/c1-10-22(3)37(30(40)26(20-45)36-32(42)44-34(7,8)9)28(24-16-17-27(38)21(2)18-24)29(39)35-25(31(41)43-33(4,5)6)19-23-14-12-11-13-15-23/h11-18,22,25-26,28,38,45H,10,19-20H2,1-9H3,(H,35,39)(H,36,42). The highest BCUT2D eigenvalue weighted by Crippen LogP contribution is 2.30. The van der Waals surface area contributed by atoms with Gasteiger partial charge >= 0.3 is 12.1 Å². The predicted molar refractivity (Wildman–Crippen MR) is 177 cm³/mol. The molecule has 3 N–H and O–H groups in total. The molecule has 0 saturated heterocycles. The number of hydrogen-bond acceptors (Lipinski definition) is 8. The summed E-state index contributed by atoms with van der Waals surface area (Å²) in [5.74, 6) is -1.86. The van der Waals surface area contributed by atoms with Gasteiger partial charge in [0.15, 0.2) is 0 Å². The highest BCUT2D eigenvalue weighted by Gasteiger charge is 2.40. The number of benzene rings is 2. The first-order chi connectivity index (χ1) is 20.9. The molecule has 0 aromatic heterocycles. The van der Waals surface area contributed by atoms with E-state index < -0.39 is 59.2 Å². The Kier molecular flexibility index (Phi) is 13.3. The summed E-state index contributed by atoms with van der Waals surface area (Å²) >= 11 is 4.34. The first kappa shape index (κ1) is 37.5. The molecule has 45 heavy (non-hydrogen) atoms. The third-order valence-corrected chi connectivity index (χ3v) is 7.21. The van der Waals surface area contributed by atoms with Gasteiger partial charge < -0.3 is 30.1 Å². The predicted octanol–water partition coefficient (Wildman–Crippen LogP) is 5.26. The Bertz CT molecular complexity index is 1320. The molecule has 4 unspecified atom stereocenters. The summed E-state index contributed by atoms with van der Waals surface area (Å²) in [5, 5.41) is 15.7. The molecule has 0 aliphatic heterocycles. The van der Waals surface area contributed by atoms with Gasteiger partial charge in [-0.15, -0.1) is 0 Å². The minimum Gasteiger partial charge on any atom is -0.508 e. The second-order valence-electron chi connectivity index (χ2n) is 13.1. The lowest BCUT2D eigenvalue weighted by Gasteiger charge is -2.38. The first-order valence-electron chi connectivity index (χ1n) is 15.2. The number of phenolic OH excluding ortho intramolecular Hbond substituents is 1. The number of amides is 3. The van der Waals surface area contributed by atoms with Crippen molar-refractivity contribution in [1.82, 2.24) is 15.5 Å². The highest BCUT2D eigenvalue weighted by molar-refractivity contribution is 7.80. The van der Waals surface area contributed by atoms with Gasteiger partial charge in [-0.3, -0.25) is 9.59 Å². The van der Waals surface area contributed by atoms with E-state index in [0.717, 1.165) is 5.56 Å². The van der Waals surface area contributed by atoms with Crippen LogP contribution in [0, 0.1) is 6.92 Å². The fourth-order valence-corrected chi connectivity index (χ4v) is 4.81. The fourth-order valence-electron chi connectivity index (χ4n) is 4.56. The summed E-state index contributed by atoms with van der Waals surface area (Å²) in [6.07, 6.45) is -0.175. The van der Waals surface area contributed by atoms with Crippen molar-refractivity contribution in [3.05, 3.63) is 65.2 Å². The number of aromatic hydroxyl groups is 1. The number of thiol groups is 1. The molecule has 0 saturated carbocycles. The molecule has 11 heteroatoms. The number of esters is 1. The lowest BCUT2D eigenvalue weighted by atomic mass is 9.97. The Morgan fingerprint density at radius 2 is 1.51 bits per heavy atom. The van der Waals surface area contributed by atoms with Crippen LogP contribution in [-0.2, 0) is 30.3 Å². The molecular weight excluding hydrogens is 594 g/mol. The Balaban J connectivity index is 2.62. The molecule has 0 aliphatic rings. The van der Waals surface area contributed by atoms with Crippen LogP contribution in [0.2, 0.25) is 0 Å². The summed E-state index contributed by atoms with van der Waals surface area (Å²) in [6, 6.07) is 9.93. The third-order valence-electron chi connectivity index (χ3n) is 6.85. The number of phenols is 1. The average Bonchev–Trinajstić information content (AvgIpc) is 2.93.